The SMILES string of the molecule is C1=CCC(c2nc(-c3ccc4ccc5ccccc5c4c3)nc(-c3cccc4oc5cc(-c6ccc7ccccc7c6)ccc5c34)n2)C=C1. The van der Waals surface area contributed by atoms with Gasteiger partial charge in [-0.15, -0.1) is 0 Å². The van der Waals surface area contributed by atoms with Crippen LogP contribution in [0.25, 0.3) is 88.2 Å². The molecule has 0 spiro atoms. The topological polar surface area (TPSA) is 51.8 Å². The summed E-state index contributed by atoms with van der Waals surface area (Å²) in [6.45, 7) is 0. The van der Waals surface area contributed by atoms with Crippen LogP contribution >= 0.6 is 0 Å². The lowest BCUT2D eigenvalue weighted by Crippen LogP contribution is -2.08. The van der Waals surface area contributed by atoms with Crippen LogP contribution in [0.3, 0.4) is 0 Å². The summed E-state index contributed by atoms with van der Waals surface area (Å²) in [4.78, 5) is 15.4. The van der Waals surface area contributed by atoms with Crippen molar-refractivity contribution >= 4 is 54.3 Å². The van der Waals surface area contributed by atoms with Gasteiger partial charge in [-0.2, -0.15) is 0 Å². The Kier molecular flexibility index (Phi) is 6.28. The molecule has 0 saturated heterocycles. The molecule has 49 heavy (non-hydrogen) atoms. The molecule has 1 aliphatic carbocycles. The van der Waals surface area contributed by atoms with Crippen LogP contribution in [0.15, 0.2) is 162 Å². The van der Waals surface area contributed by atoms with E-state index in [9.17, 15) is 0 Å². The first-order valence-corrected chi connectivity index (χ1v) is 16.7. The average Bonchev–Trinajstić information content (AvgIpc) is 3.56. The zero-order valence-electron chi connectivity index (χ0n) is 26.5. The summed E-state index contributed by atoms with van der Waals surface area (Å²) in [5, 5.41) is 9.30. The Hall–Kier alpha value is -6.39. The van der Waals surface area contributed by atoms with Gasteiger partial charge in [-0.1, -0.05) is 127 Å². The van der Waals surface area contributed by atoms with Crippen molar-refractivity contribution in [3.63, 3.8) is 0 Å². The number of furan rings is 1. The summed E-state index contributed by atoms with van der Waals surface area (Å²) in [5.41, 5.74) is 5.82. The zero-order valence-corrected chi connectivity index (χ0v) is 26.5. The number of allylic oxidation sites excluding steroid dienone is 4. The van der Waals surface area contributed by atoms with E-state index in [1.54, 1.807) is 0 Å². The molecule has 0 aliphatic heterocycles. The van der Waals surface area contributed by atoms with Crippen LogP contribution in [0.1, 0.15) is 18.2 Å². The van der Waals surface area contributed by atoms with Gasteiger partial charge in [0.2, 0.25) is 0 Å². The molecule has 0 saturated carbocycles. The van der Waals surface area contributed by atoms with Crippen molar-refractivity contribution in [3.8, 4) is 33.9 Å². The Labute approximate surface area is 282 Å². The summed E-state index contributed by atoms with van der Waals surface area (Å²) in [6, 6.07) is 47.1. The van der Waals surface area contributed by atoms with E-state index in [2.05, 4.69) is 146 Å². The fraction of sp³-hybridized carbons (Fsp3) is 0.0444. The zero-order chi connectivity index (χ0) is 32.3. The smallest absolute Gasteiger partial charge is 0.164 e. The molecule has 1 atom stereocenters. The third kappa shape index (κ3) is 4.72. The second-order valence-corrected chi connectivity index (χ2v) is 12.8. The van der Waals surface area contributed by atoms with Crippen molar-refractivity contribution in [3.05, 3.63) is 164 Å². The second-order valence-electron chi connectivity index (χ2n) is 12.8. The third-order valence-electron chi connectivity index (χ3n) is 9.79. The molecule has 4 nitrogen and oxygen atoms in total. The molecule has 2 heterocycles. The van der Waals surface area contributed by atoms with Crippen molar-refractivity contribution in [1.29, 1.82) is 0 Å². The van der Waals surface area contributed by atoms with Gasteiger partial charge in [0, 0.05) is 27.8 Å². The molecule has 230 valence electrons. The van der Waals surface area contributed by atoms with Gasteiger partial charge < -0.3 is 4.42 Å². The van der Waals surface area contributed by atoms with E-state index in [1.807, 2.05) is 12.1 Å². The number of hydrogen-bond donors (Lipinski definition) is 0. The summed E-state index contributed by atoms with van der Waals surface area (Å²) >= 11 is 0. The summed E-state index contributed by atoms with van der Waals surface area (Å²) < 4.78 is 6.52. The van der Waals surface area contributed by atoms with Crippen molar-refractivity contribution in [2.45, 2.75) is 12.3 Å². The highest BCUT2D eigenvalue weighted by Crippen LogP contribution is 2.39. The molecule has 0 bridgehead atoms. The number of hydrogen-bond acceptors (Lipinski definition) is 4. The second kappa shape index (κ2) is 11.1. The molecule has 0 radical (unpaired) electrons. The van der Waals surface area contributed by atoms with Gasteiger partial charge in [-0.25, -0.2) is 15.0 Å². The number of rotatable bonds is 4. The molecular formula is C45H29N3O. The lowest BCUT2D eigenvalue weighted by atomic mass is 9.98. The summed E-state index contributed by atoms with van der Waals surface area (Å²) in [6.07, 6.45) is 9.36. The fourth-order valence-corrected chi connectivity index (χ4v) is 7.28. The normalized spacial score (nSPS) is 14.5. The molecule has 0 fully saturated rings. The summed E-state index contributed by atoms with van der Waals surface area (Å²) in [7, 11) is 0. The quantitative estimate of drug-likeness (QED) is 0.182. The highest BCUT2D eigenvalue weighted by atomic mass is 16.3. The Balaban J connectivity index is 1.15. The minimum absolute atomic E-state index is 0.0663. The monoisotopic (exact) mass is 627 g/mol. The molecule has 10 rings (SSSR count). The number of benzene rings is 7. The maximum absolute atomic E-state index is 6.52. The van der Waals surface area contributed by atoms with Crippen LogP contribution in [-0.4, -0.2) is 15.0 Å². The van der Waals surface area contributed by atoms with E-state index in [1.165, 1.54) is 32.3 Å². The van der Waals surface area contributed by atoms with Crippen molar-refractivity contribution in [2.75, 3.05) is 0 Å². The number of nitrogens with zero attached hydrogens (tertiary/aromatic N) is 3. The fourth-order valence-electron chi connectivity index (χ4n) is 7.28. The van der Waals surface area contributed by atoms with Crippen molar-refractivity contribution in [1.82, 2.24) is 15.0 Å². The minimum Gasteiger partial charge on any atom is -0.456 e. The van der Waals surface area contributed by atoms with Crippen LogP contribution in [0.4, 0.5) is 0 Å². The van der Waals surface area contributed by atoms with Gasteiger partial charge in [-0.05, 0) is 80.2 Å². The number of fused-ring (bicyclic) bond motifs is 7. The first kappa shape index (κ1) is 27.7. The molecule has 0 amide bonds. The molecule has 0 N–H and O–H groups in total. The van der Waals surface area contributed by atoms with Crippen LogP contribution < -0.4 is 0 Å². The Morgan fingerprint density at radius 2 is 1.22 bits per heavy atom. The summed E-state index contributed by atoms with van der Waals surface area (Å²) in [5.74, 6) is 2.15. The largest absolute Gasteiger partial charge is 0.456 e. The lowest BCUT2D eigenvalue weighted by molar-refractivity contribution is 0.669. The van der Waals surface area contributed by atoms with Gasteiger partial charge in [0.15, 0.2) is 11.6 Å². The average molecular weight is 628 g/mol. The highest BCUT2D eigenvalue weighted by molar-refractivity contribution is 6.13. The third-order valence-corrected chi connectivity index (χ3v) is 9.79. The van der Waals surface area contributed by atoms with E-state index < -0.39 is 0 Å². The van der Waals surface area contributed by atoms with Gasteiger partial charge in [0.1, 0.15) is 17.0 Å². The van der Waals surface area contributed by atoms with Gasteiger partial charge in [-0.3, -0.25) is 0 Å². The van der Waals surface area contributed by atoms with E-state index in [4.69, 9.17) is 19.4 Å². The van der Waals surface area contributed by atoms with Crippen molar-refractivity contribution < 1.29 is 4.42 Å². The predicted molar refractivity (Wildman–Crippen MR) is 202 cm³/mol. The molecule has 1 aliphatic rings. The van der Waals surface area contributed by atoms with Gasteiger partial charge in [0.25, 0.3) is 0 Å². The van der Waals surface area contributed by atoms with Crippen LogP contribution in [0.5, 0.6) is 0 Å². The lowest BCUT2D eigenvalue weighted by Gasteiger charge is -2.15. The van der Waals surface area contributed by atoms with Gasteiger partial charge in [0.05, 0.1) is 0 Å². The Bertz CT molecular complexity index is 2820. The molecule has 9 aromatic rings. The predicted octanol–water partition coefficient (Wildman–Crippen LogP) is 11.8. The van der Waals surface area contributed by atoms with Crippen LogP contribution in [0, 0.1) is 0 Å². The molecule has 1 unspecified atom stereocenters. The van der Waals surface area contributed by atoms with Gasteiger partial charge >= 0.3 is 0 Å². The van der Waals surface area contributed by atoms with E-state index in [0.717, 1.165) is 56.4 Å². The van der Waals surface area contributed by atoms with E-state index in [0.29, 0.717) is 11.6 Å². The Morgan fingerprint density at radius 1 is 0.490 bits per heavy atom. The first-order chi connectivity index (χ1) is 24.2. The van der Waals surface area contributed by atoms with Crippen LogP contribution in [0.2, 0.25) is 0 Å². The standard InChI is InChI=1S/C45H29N3O/c1-2-11-31(12-3-1)43-46-44(35-22-20-30-19-18-29-10-6-7-14-36(29)39(30)26-35)48-45(47-43)38-15-8-16-40-42(38)37-24-23-34(27-41(37)49-40)33-21-17-28-9-4-5-13-32(28)25-33/h1-11,13-27,31H,12H2. The van der Waals surface area contributed by atoms with Crippen LogP contribution in [-0.2, 0) is 0 Å². The molecule has 2 aromatic heterocycles. The number of aromatic nitrogens is 3. The molecular weight excluding hydrogens is 599 g/mol. The molecule has 7 aromatic carbocycles. The maximum Gasteiger partial charge on any atom is 0.164 e. The minimum atomic E-state index is 0.0663. The van der Waals surface area contributed by atoms with E-state index in [-0.39, 0.29) is 5.92 Å². The highest BCUT2D eigenvalue weighted by Gasteiger charge is 2.21. The first-order valence-electron chi connectivity index (χ1n) is 16.7. The Morgan fingerprint density at radius 3 is 2.12 bits per heavy atom. The van der Waals surface area contributed by atoms with E-state index >= 15 is 0 Å². The maximum atomic E-state index is 6.52. The van der Waals surface area contributed by atoms with Crippen molar-refractivity contribution in [2.24, 2.45) is 0 Å². The molecule has 4 heteroatoms.